The summed E-state index contributed by atoms with van der Waals surface area (Å²) in [5.41, 5.74) is 0.775. The number of ether oxygens (including phenoxy) is 2. The Morgan fingerprint density at radius 2 is 1.97 bits per heavy atom. The summed E-state index contributed by atoms with van der Waals surface area (Å²) in [5.74, 6) is -0.877. The lowest BCUT2D eigenvalue weighted by atomic mass is 10.1. The van der Waals surface area contributed by atoms with Crippen molar-refractivity contribution in [3.05, 3.63) is 63.1 Å². The van der Waals surface area contributed by atoms with Crippen LogP contribution in [0.5, 0.6) is 11.5 Å². The number of hydrogen-bond acceptors (Lipinski definition) is 7. The lowest BCUT2D eigenvalue weighted by Crippen LogP contribution is -2.35. The summed E-state index contributed by atoms with van der Waals surface area (Å²) in [4.78, 5) is 28.9. The first-order valence-electron chi connectivity index (χ1n) is 9.09. The van der Waals surface area contributed by atoms with Crippen LogP contribution in [0.4, 0.5) is 0 Å². The molecule has 2 aliphatic rings. The molecule has 162 valence electrons. The third-order valence-electron chi connectivity index (χ3n) is 4.41. The van der Waals surface area contributed by atoms with Crippen LogP contribution in [0.2, 0.25) is 10.0 Å². The normalized spacial score (nSPS) is 16.6. The Kier molecular flexibility index (Phi) is 6.05. The predicted molar refractivity (Wildman–Crippen MR) is 125 cm³/mol. The summed E-state index contributed by atoms with van der Waals surface area (Å²) in [7, 11) is 1.42. The Hall–Kier alpha value is -3.14. The quantitative estimate of drug-likeness (QED) is 0.374. The van der Waals surface area contributed by atoms with Gasteiger partial charge < -0.3 is 9.47 Å². The van der Waals surface area contributed by atoms with Crippen LogP contribution in [0.15, 0.2) is 52.1 Å². The van der Waals surface area contributed by atoms with Gasteiger partial charge in [-0.05, 0) is 60.7 Å². The molecule has 1 amide bonds. The lowest BCUT2D eigenvalue weighted by Gasteiger charge is -2.20. The van der Waals surface area contributed by atoms with Crippen LogP contribution in [-0.2, 0) is 4.79 Å². The molecule has 0 radical (unpaired) electrons. The van der Waals surface area contributed by atoms with E-state index in [0.29, 0.717) is 20.8 Å². The topological polar surface area (TPSA) is 104 Å². The van der Waals surface area contributed by atoms with Gasteiger partial charge in [0.15, 0.2) is 17.3 Å². The van der Waals surface area contributed by atoms with Crippen LogP contribution < -0.4 is 9.47 Å². The number of nitrogens with one attached hydrogen (secondary N) is 1. The fourth-order valence-electron chi connectivity index (χ4n) is 2.92. The summed E-state index contributed by atoms with van der Waals surface area (Å²) in [5, 5.41) is 15.4. The van der Waals surface area contributed by atoms with Gasteiger partial charge in [0, 0.05) is 5.02 Å². The van der Waals surface area contributed by atoms with Crippen LogP contribution in [0.25, 0.3) is 6.08 Å². The summed E-state index contributed by atoms with van der Waals surface area (Å²) in [6.07, 6.45) is 1.50. The maximum atomic E-state index is 12.5. The molecule has 0 bridgehead atoms. The number of hydrogen-bond donors (Lipinski definition) is 1. The number of halogens is 2. The molecule has 2 aliphatic heterocycles. The van der Waals surface area contributed by atoms with E-state index in [0.717, 1.165) is 0 Å². The van der Waals surface area contributed by atoms with Crippen molar-refractivity contribution < 1.29 is 19.1 Å². The van der Waals surface area contributed by atoms with E-state index < -0.39 is 11.9 Å². The standard InChI is InChI=1S/C21H14Cl2N4O4S/c1-10-26-27-18(24)14(19(28)25-21(27)32-10)7-11-3-6-16(17(8-11)30-2)31-20(29)13-5-4-12(22)9-15(13)23/h3-9,24H,1-2H3. The highest BCUT2D eigenvalue weighted by molar-refractivity contribution is 8.26. The molecule has 0 aliphatic carbocycles. The van der Waals surface area contributed by atoms with Gasteiger partial charge in [0.25, 0.3) is 5.91 Å². The third-order valence-corrected chi connectivity index (χ3v) is 5.78. The number of nitrogens with zero attached hydrogens (tertiary/aromatic N) is 3. The number of methoxy groups -OCH3 is 1. The van der Waals surface area contributed by atoms with Gasteiger partial charge in [-0.25, -0.2) is 4.79 Å². The molecular weight excluding hydrogens is 475 g/mol. The van der Waals surface area contributed by atoms with Crippen molar-refractivity contribution in [1.29, 1.82) is 5.41 Å². The smallest absolute Gasteiger partial charge is 0.345 e. The number of hydrazone groups is 1. The van der Waals surface area contributed by atoms with Crippen molar-refractivity contribution in [2.75, 3.05) is 7.11 Å². The molecule has 11 heteroatoms. The molecule has 1 N–H and O–H groups in total. The van der Waals surface area contributed by atoms with Gasteiger partial charge in [-0.2, -0.15) is 15.1 Å². The van der Waals surface area contributed by atoms with Gasteiger partial charge in [0.2, 0.25) is 5.17 Å². The molecule has 2 aromatic carbocycles. The number of amidine groups is 2. The molecule has 0 spiro atoms. The van der Waals surface area contributed by atoms with Crippen LogP contribution in [0, 0.1) is 5.41 Å². The monoisotopic (exact) mass is 488 g/mol. The molecule has 0 saturated heterocycles. The van der Waals surface area contributed by atoms with Crippen molar-refractivity contribution in [2.45, 2.75) is 6.92 Å². The number of carbonyl (C=O) groups is 2. The highest BCUT2D eigenvalue weighted by atomic mass is 35.5. The zero-order chi connectivity index (χ0) is 23.0. The molecule has 2 heterocycles. The Morgan fingerprint density at radius 3 is 2.69 bits per heavy atom. The minimum Gasteiger partial charge on any atom is -0.493 e. The maximum absolute atomic E-state index is 12.5. The van der Waals surface area contributed by atoms with E-state index in [1.165, 1.54) is 54.2 Å². The first-order valence-corrected chi connectivity index (χ1v) is 10.7. The number of rotatable bonds is 4. The summed E-state index contributed by atoms with van der Waals surface area (Å²) in [6.45, 7) is 1.77. The van der Waals surface area contributed by atoms with Crippen LogP contribution in [-0.4, -0.2) is 40.0 Å². The van der Waals surface area contributed by atoms with E-state index in [4.69, 9.17) is 38.1 Å². The first kappa shape index (κ1) is 22.1. The first-order chi connectivity index (χ1) is 15.3. The Labute approximate surface area is 197 Å². The molecule has 0 saturated carbocycles. The minimum atomic E-state index is -0.679. The largest absolute Gasteiger partial charge is 0.493 e. The molecule has 0 fully saturated rings. The van der Waals surface area contributed by atoms with Gasteiger partial charge >= 0.3 is 5.97 Å². The second-order valence-electron chi connectivity index (χ2n) is 6.56. The van der Waals surface area contributed by atoms with E-state index in [1.54, 1.807) is 19.1 Å². The van der Waals surface area contributed by atoms with E-state index >= 15 is 0 Å². The number of esters is 1. The maximum Gasteiger partial charge on any atom is 0.345 e. The van der Waals surface area contributed by atoms with Gasteiger partial charge in [-0.1, -0.05) is 29.3 Å². The number of fused-ring (bicyclic) bond motifs is 1. The van der Waals surface area contributed by atoms with Crippen molar-refractivity contribution >= 4 is 69.0 Å². The average Bonchev–Trinajstić information content (AvgIpc) is 3.12. The van der Waals surface area contributed by atoms with Crippen LogP contribution >= 0.6 is 35.0 Å². The Bertz CT molecular complexity index is 1270. The van der Waals surface area contributed by atoms with E-state index in [-0.39, 0.29) is 33.5 Å². The minimum absolute atomic E-state index is 0.0730. The predicted octanol–water partition coefficient (Wildman–Crippen LogP) is 4.86. The zero-order valence-electron chi connectivity index (χ0n) is 16.7. The Morgan fingerprint density at radius 1 is 1.19 bits per heavy atom. The summed E-state index contributed by atoms with van der Waals surface area (Å²) < 4.78 is 10.8. The number of aliphatic imine (C=N–C) groups is 1. The fourth-order valence-corrected chi connectivity index (χ4v) is 4.14. The van der Waals surface area contributed by atoms with Crippen LogP contribution in [0.1, 0.15) is 22.8 Å². The molecule has 2 aromatic rings. The van der Waals surface area contributed by atoms with Gasteiger partial charge in [0.1, 0.15) is 0 Å². The molecule has 0 unspecified atom stereocenters. The summed E-state index contributed by atoms with van der Waals surface area (Å²) in [6, 6.07) is 9.16. The van der Waals surface area contributed by atoms with Gasteiger partial charge in [0.05, 0.1) is 28.3 Å². The zero-order valence-corrected chi connectivity index (χ0v) is 19.0. The molecule has 8 nitrogen and oxygen atoms in total. The second-order valence-corrected chi connectivity index (χ2v) is 8.57. The van der Waals surface area contributed by atoms with Gasteiger partial charge in [-0.15, -0.1) is 0 Å². The van der Waals surface area contributed by atoms with Gasteiger partial charge in [-0.3, -0.25) is 10.2 Å². The fraction of sp³-hybridized carbons (Fsp3) is 0.0952. The van der Waals surface area contributed by atoms with Crippen molar-refractivity contribution in [3.8, 4) is 11.5 Å². The SMILES string of the molecule is COc1cc(C=C2C(=N)N3N=C(C)SC3=NC2=O)ccc1OC(=O)c1ccc(Cl)cc1Cl. The summed E-state index contributed by atoms with van der Waals surface area (Å²) >= 11 is 13.2. The lowest BCUT2D eigenvalue weighted by molar-refractivity contribution is -0.114. The number of amides is 1. The molecule has 0 aromatic heterocycles. The third kappa shape index (κ3) is 4.27. The molecular formula is C21H14Cl2N4O4S. The van der Waals surface area contributed by atoms with E-state index in [9.17, 15) is 9.59 Å². The molecule has 0 atom stereocenters. The Balaban J connectivity index is 1.61. The van der Waals surface area contributed by atoms with Crippen molar-refractivity contribution in [2.24, 2.45) is 10.1 Å². The van der Waals surface area contributed by atoms with Crippen molar-refractivity contribution in [1.82, 2.24) is 5.01 Å². The number of carbonyl (C=O) groups excluding carboxylic acids is 2. The number of thioether (sulfide) groups is 1. The van der Waals surface area contributed by atoms with Crippen molar-refractivity contribution in [3.63, 3.8) is 0 Å². The average molecular weight is 489 g/mol. The van der Waals surface area contributed by atoms with Crippen LogP contribution in [0.3, 0.4) is 0 Å². The molecule has 32 heavy (non-hydrogen) atoms. The second kappa shape index (κ2) is 8.78. The molecule has 4 rings (SSSR count). The van der Waals surface area contributed by atoms with E-state index in [1.807, 2.05) is 0 Å². The highest BCUT2D eigenvalue weighted by Gasteiger charge is 2.34. The van der Waals surface area contributed by atoms with E-state index in [2.05, 4.69) is 10.1 Å². The number of benzene rings is 2. The highest BCUT2D eigenvalue weighted by Crippen LogP contribution is 2.32.